The van der Waals surface area contributed by atoms with Gasteiger partial charge in [-0.15, -0.1) is 0 Å². The second-order valence-electron chi connectivity index (χ2n) is 5.54. The summed E-state index contributed by atoms with van der Waals surface area (Å²) in [6, 6.07) is 12.7. The SMILES string of the molecule is Cc1cccc(C(=O)N2C(=O)/C(=C/c3ccc([N+](=O)[O-])cc3)SC2=S)c1. The predicted molar refractivity (Wildman–Crippen MR) is 104 cm³/mol. The van der Waals surface area contributed by atoms with Gasteiger partial charge in [-0.05, 0) is 42.8 Å². The number of hydrogen-bond acceptors (Lipinski definition) is 6. The van der Waals surface area contributed by atoms with E-state index < -0.39 is 16.7 Å². The number of imide groups is 1. The third-order valence-corrected chi connectivity index (χ3v) is 4.97. The summed E-state index contributed by atoms with van der Waals surface area (Å²) in [5, 5.41) is 10.7. The molecule has 1 heterocycles. The van der Waals surface area contributed by atoms with Gasteiger partial charge in [-0.1, -0.05) is 41.7 Å². The van der Waals surface area contributed by atoms with E-state index in [0.717, 1.165) is 22.2 Å². The summed E-state index contributed by atoms with van der Waals surface area (Å²) in [6.45, 7) is 1.86. The quantitative estimate of drug-likeness (QED) is 0.262. The topological polar surface area (TPSA) is 80.5 Å². The van der Waals surface area contributed by atoms with Crippen molar-refractivity contribution in [3.8, 4) is 0 Å². The highest BCUT2D eigenvalue weighted by molar-refractivity contribution is 8.26. The second kappa shape index (κ2) is 7.19. The third-order valence-electron chi connectivity index (χ3n) is 3.66. The Hall–Kier alpha value is -2.84. The van der Waals surface area contributed by atoms with Gasteiger partial charge in [0.05, 0.1) is 9.83 Å². The summed E-state index contributed by atoms with van der Waals surface area (Å²) in [5.41, 5.74) is 1.86. The van der Waals surface area contributed by atoms with Crippen LogP contribution in [0.25, 0.3) is 6.08 Å². The molecule has 1 aliphatic rings. The number of nitro groups is 1. The van der Waals surface area contributed by atoms with Crippen molar-refractivity contribution in [3.05, 3.63) is 80.2 Å². The Labute approximate surface area is 158 Å². The van der Waals surface area contributed by atoms with Crippen molar-refractivity contribution in [3.63, 3.8) is 0 Å². The highest BCUT2D eigenvalue weighted by Crippen LogP contribution is 2.33. The molecule has 1 aliphatic heterocycles. The van der Waals surface area contributed by atoms with Gasteiger partial charge in [0.15, 0.2) is 4.32 Å². The summed E-state index contributed by atoms with van der Waals surface area (Å²) < 4.78 is 0.162. The monoisotopic (exact) mass is 384 g/mol. The van der Waals surface area contributed by atoms with E-state index in [1.54, 1.807) is 24.3 Å². The molecule has 3 rings (SSSR count). The van der Waals surface area contributed by atoms with Gasteiger partial charge in [-0.25, -0.2) is 4.90 Å². The summed E-state index contributed by atoms with van der Waals surface area (Å²) in [6.07, 6.45) is 1.56. The average Bonchev–Trinajstić information content (AvgIpc) is 2.88. The van der Waals surface area contributed by atoms with E-state index in [2.05, 4.69) is 0 Å². The minimum atomic E-state index is -0.496. The molecule has 0 bridgehead atoms. The van der Waals surface area contributed by atoms with Crippen molar-refractivity contribution in [2.24, 2.45) is 0 Å². The lowest BCUT2D eigenvalue weighted by Gasteiger charge is -2.12. The first-order valence-electron chi connectivity index (χ1n) is 7.50. The Morgan fingerprint density at radius 1 is 1.23 bits per heavy atom. The van der Waals surface area contributed by atoms with Gasteiger partial charge >= 0.3 is 0 Å². The van der Waals surface area contributed by atoms with Gasteiger partial charge in [0, 0.05) is 17.7 Å². The number of carbonyl (C=O) groups is 2. The minimum Gasteiger partial charge on any atom is -0.268 e. The number of aryl methyl sites for hydroxylation is 1. The Morgan fingerprint density at radius 2 is 1.92 bits per heavy atom. The Bertz CT molecular complexity index is 967. The molecule has 0 aromatic heterocycles. The van der Waals surface area contributed by atoms with Gasteiger partial charge in [-0.2, -0.15) is 0 Å². The van der Waals surface area contributed by atoms with E-state index in [-0.39, 0.29) is 10.0 Å². The normalized spacial score (nSPS) is 15.6. The van der Waals surface area contributed by atoms with Crippen LogP contribution in [0.5, 0.6) is 0 Å². The molecule has 0 spiro atoms. The lowest BCUT2D eigenvalue weighted by atomic mass is 10.1. The van der Waals surface area contributed by atoms with Crippen LogP contribution in [0.3, 0.4) is 0 Å². The number of rotatable bonds is 3. The number of nitro benzene ring substituents is 1. The molecule has 26 heavy (non-hydrogen) atoms. The first-order valence-corrected chi connectivity index (χ1v) is 8.73. The molecule has 8 heteroatoms. The van der Waals surface area contributed by atoms with E-state index in [4.69, 9.17) is 12.2 Å². The van der Waals surface area contributed by atoms with Crippen LogP contribution in [-0.2, 0) is 4.79 Å². The van der Waals surface area contributed by atoms with Crippen LogP contribution >= 0.6 is 24.0 Å². The van der Waals surface area contributed by atoms with Crippen LogP contribution in [-0.4, -0.2) is 26.0 Å². The number of non-ortho nitro benzene ring substituents is 1. The smallest absolute Gasteiger partial charge is 0.268 e. The molecule has 2 aromatic carbocycles. The Balaban J connectivity index is 1.86. The standard InChI is InChI=1S/C18H12N2O4S2/c1-11-3-2-4-13(9-11)16(21)19-17(22)15(26-18(19)25)10-12-5-7-14(8-6-12)20(23)24/h2-10H,1H3/b15-10-. The molecule has 1 fully saturated rings. The third kappa shape index (κ3) is 3.56. The van der Waals surface area contributed by atoms with Crippen molar-refractivity contribution >= 4 is 51.9 Å². The molecular weight excluding hydrogens is 372 g/mol. The zero-order valence-electron chi connectivity index (χ0n) is 13.5. The van der Waals surface area contributed by atoms with E-state index in [1.165, 1.54) is 24.3 Å². The number of thioether (sulfide) groups is 1. The van der Waals surface area contributed by atoms with Gasteiger partial charge < -0.3 is 0 Å². The average molecular weight is 384 g/mol. The second-order valence-corrected chi connectivity index (χ2v) is 7.22. The van der Waals surface area contributed by atoms with Crippen molar-refractivity contribution in [2.45, 2.75) is 6.92 Å². The summed E-state index contributed by atoms with van der Waals surface area (Å²) in [7, 11) is 0. The number of carbonyl (C=O) groups excluding carboxylic acids is 2. The lowest BCUT2D eigenvalue weighted by molar-refractivity contribution is -0.384. The maximum absolute atomic E-state index is 12.6. The van der Waals surface area contributed by atoms with Crippen molar-refractivity contribution in [1.82, 2.24) is 4.90 Å². The highest BCUT2D eigenvalue weighted by Gasteiger charge is 2.37. The first-order chi connectivity index (χ1) is 12.4. The van der Waals surface area contributed by atoms with Crippen LogP contribution in [0.1, 0.15) is 21.5 Å². The summed E-state index contributed by atoms with van der Waals surface area (Å²) >= 11 is 6.22. The summed E-state index contributed by atoms with van der Waals surface area (Å²) in [4.78, 5) is 36.7. The fraction of sp³-hybridized carbons (Fsp3) is 0.0556. The number of amides is 2. The molecule has 0 N–H and O–H groups in total. The molecule has 0 saturated carbocycles. The van der Waals surface area contributed by atoms with E-state index >= 15 is 0 Å². The zero-order chi connectivity index (χ0) is 18.8. The van der Waals surface area contributed by atoms with Crippen molar-refractivity contribution < 1.29 is 14.5 Å². The fourth-order valence-corrected chi connectivity index (χ4v) is 3.65. The van der Waals surface area contributed by atoms with Gasteiger partial charge in [0.1, 0.15) is 0 Å². The van der Waals surface area contributed by atoms with E-state index in [1.807, 2.05) is 13.0 Å². The highest BCUT2D eigenvalue weighted by atomic mass is 32.2. The number of thiocarbonyl (C=S) groups is 1. The van der Waals surface area contributed by atoms with Crippen LogP contribution < -0.4 is 0 Å². The molecule has 0 aliphatic carbocycles. The van der Waals surface area contributed by atoms with Crippen LogP contribution in [0.15, 0.2) is 53.4 Å². The van der Waals surface area contributed by atoms with Crippen LogP contribution in [0.4, 0.5) is 5.69 Å². The molecule has 0 unspecified atom stereocenters. The predicted octanol–water partition coefficient (Wildman–Crippen LogP) is 3.94. The molecule has 1 saturated heterocycles. The van der Waals surface area contributed by atoms with Crippen molar-refractivity contribution in [2.75, 3.05) is 0 Å². The number of benzene rings is 2. The van der Waals surface area contributed by atoms with Crippen LogP contribution in [0, 0.1) is 17.0 Å². The molecule has 2 aromatic rings. The van der Waals surface area contributed by atoms with Gasteiger partial charge in [-0.3, -0.25) is 19.7 Å². The van der Waals surface area contributed by atoms with E-state index in [9.17, 15) is 19.7 Å². The van der Waals surface area contributed by atoms with Crippen molar-refractivity contribution in [1.29, 1.82) is 0 Å². The molecule has 2 amide bonds. The molecule has 130 valence electrons. The lowest BCUT2D eigenvalue weighted by Crippen LogP contribution is -2.34. The van der Waals surface area contributed by atoms with E-state index in [0.29, 0.717) is 16.0 Å². The number of nitrogens with zero attached hydrogens (tertiary/aromatic N) is 2. The van der Waals surface area contributed by atoms with Gasteiger partial charge in [0.25, 0.3) is 17.5 Å². The fourth-order valence-electron chi connectivity index (χ4n) is 2.39. The zero-order valence-corrected chi connectivity index (χ0v) is 15.2. The largest absolute Gasteiger partial charge is 0.273 e. The molecule has 6 nitrogen and oxygen atoms in total. The molecule has 0 atom stereocenters. The maximum atomic E-state index is 12.6. The Morgan fingerprint density at radius 3 is 2.54 bits per heavy atom. The van der Waals surface area contributed by atoms with Crippen LogP contribution in [0.2, 0.25) is 0 Å². The maximum Gasteiger partial charge on any atom is 0.273 e. The summed E-state index contributed by atoms with van der Waals surface area (Å²) in [5.74, 6) is -0.965. The Kier molecular flexibility index (Phi) is 4.97. The number of hydrogen-bond donors (Lipinski definition) is 0. The first kappa shape index (κ1) is 18.0. The molecular formula is C18H12N2O4S2. The van der Waals surface area contributed by atoms with Gasteiger partial charge in [0.2, 0.25) is 0 Å². The molecule has 0 radical (unpaired) electrons. The minimum absolute atomic E-state index is 0.0377.